The lowest BCUT2D eigenvalue weighted by Gasteiger charge is -2.33. The van der Waals surface area contributed by atoms with Crippen LogP contribution in [0.2, 0.25) is 0 Å². The summed E-state index contributed by atoms with van der Waals surface area (Å²) in [6, 6.07) is 5.13. The first-order chi connectivity index (χ1) is 12.4. The fourth-order valence-electron chi connectivity index (χ4n) is 3.78. The molecule has 0 aromatic heterocycles. The molecule has 0 radical (unpaired) electrons. The van der Waals surface area contributed by atoms with Gasteiger partial charge in [0.15, 0.2) is 0 Å². The van der Waals surface area contributed by atoms with Crippen LogP contribution >= 0.6 is 11.8 Å². The van der Waals surface area contributed by atoms with Crippen LogP contribution in [0, 0.1) is 11.2 Å². The second-order valence-corrected chi connectivity index (χ2v) is 8.44. The molecule has 0 bridgehead atoms. The van der Waals surface area contributed by atoms with Crippen LogP contribution in [0.25, 0.3) is 0 Å². The van der Waals surface area contributed by atoms with Crippen molar-refractivity contribution in [3.05, 3.63) is 35.6 Å². The van der Waals surface area contributed by atoms with E-state index in [0.717, 1.165) is 29.9 Å². The Morgan fingerprint density at radius 2 is 2.00 bits per heavy atom. The third kappa shape index (κ3) is 4.20. The fraction of sp³-hybridized carbons (Fsp3) is 0.579. The van der Waals surface area contributed by atoms with Gasteiger partial charge < -0.3 is 14.7 Å². The average Bonchev–Trinajstić information content (AvgIpc) is 3.00. The molecule has 2 fully saturated rings. The number of benzene rings is 1. The molecule has 2 heterocycles. The number of likely N-dealkylation sites (tertiary alicyclic amines) is 1. The number of carboxylic acids is 1. The van der Waals surface area contributed by atoms with Crippen LogP contribution in [0.5, 0.6) is 0 Å². The van der Waals surface area contributed by atoms with Crippen molar-refractivity contribution >= 4 is 23.6 Å². The molecule has 5 nitrogen and oxygen atoms in total. The van der Waals surface area contributed by atoms with Gasteiger partial charge in [0.1, 0.15) is 18.0 Å². The molecular formula is C19H24FNO4S. The van der Waals surface area contributed by atoms with E-state index in [4.69, 9.17) is 4.74 Å². The Morgan fingerprint density at radius 3 is 2.62 bits per heavy atom. The Labute approximate surface area is 156 Å². The highest BCUT2D eigenvalue weighted by molar-refractivity contribution is 7.99. The molecule has 1 aromatic carbocycles. The van der Waals surface area contributed by atoms with Crippen molar-refractivity contribution in [2.24, 2.45) is 5.41 Å². The SMILES string of the molecule is CC(OCc1ccc(F)cc1)C(=O)N1CC2(CCSCC2)CC1C(=O)O. The second-order valence-electron chi connectivity index (χ2n) is 7.22. The van der Waals surface area contributed by atoms with Gasteiger partial charge in [0, 0.05) is 6.54 Å². The van der Waals surface area contributed by atoms with Crippen LogP contribution in [0.3, 0.4) is 0 Å². The molecule has 1 aromatic rings. The van der Waals surface area contributed by atoms with Gasteiger partial charge in [0.05, 0.1) is 6.61 Å². The molecule has 7 heteroatoms. The zero-order valence-electron chi connectivity index (χ0n) is 14.8. The largest absolute Gasteiger partial charge is 0.480 e. The summed E-state index contributed by atoms with van der Waals surface area (Å²) in [6.45, 7) is 2.32. The van der Waals surface area contributed by atoms with Gasteiger partial charge in [-0.3, -0.25) is 4.79 Å². The normalized spacial score (nSPS) is 23.2. The number of ether oxygens (including phenoxy) is 1. The van der Waals surface area contributed by atoms with E-state index >= 15 is 0 Å². The quantitative estimate of drug-likeness (QED) is 0.849. The van der Waals surface area contributed by atoms with Crippen LogP contribution in [0.15, 0.2) is 24.3 Å². The number of carbonyl (C=O) groups excluding carboxylic acids is 1. The van der Waals surface area contributed by atoms with Crippen molar-refractivity contribution in [2.45, 2.75) is 44.9 Å². The first-order valence-corrected chi connectivity index (χ1v) is 10.0. The van der Waals surface area contributed by atoms with E-state index < -0.39 is 18.1 Å². The molecule has 2 aliphatic heterocycles. The number of nitrogens with zero attached hydrogens (tertiary/aromatic N) is 1. The van der Waals surface area contributed by atoms with E-state index in [1.54, 1.807) is 19.1 Å². The lowest BCUT2D eigenvalue weighted by molar-refractivity contribution is -0.153. The van der Waals surface area contributed by atoms with Crippen molar-refractivity contribution in [2.75, 3.05) is 18.1 Å². The number of thioether (sulfide) groups is 1. The van der Waals surface area contributed by atoms with Crippen LogP contribution in [0.4, 0.5) is 4.39 Å². The first kappa shape index (κ1) is 19.2. The number of rotatable bonds is 5. The van der Waals surface area contributed by atoms with E-state index in [2.05, 4.69) is 0 Å². The maximum absolute atomic E-state index is 13.0. The minimum atomic E-state index is -0.945. The lowest BCUT2D eigenvalue weighted by Crippen LogP contribution is -2.45. The Balaban J connectivity index is 1.64. The predicted molar refractivity (Wildman–Crippen MR) is 97.4 cm³/mol. The molecule has 1 N–H and O–H groups in total. The van der Waals surface area contributed by atoms with Crippen LogP contribution < -0.4 is 0 Å². The third-order valence-corrected chi connectivity index (χ3v) is 6.38. The molecule has 26 heavy (non-hydrogen) atoms. The van der Waals surface area contributed by atoms with Crippen molar-refractivity contribution in [1.29, 1.82) is 0 Å². The van der Waals surface area contributed by atoms with Gasteiger partial charge in [-0.2, -0.15) is 11.8 Å². The number of aliphatic carboxylic acids is 1. The van der Waals surface area contributed by atoms with E-state index in [1.807, 2.05) is 11.8 Å². The van der Waals surface area contributed by atoms with Crippen molar-refractivity contribution in [1.82, 2.24) is 4.90 Å². The summed E-state index contributed by atoms with van der Waals surface area (Å²) >= 11 is 1.89. The van der Waals surface area contributed by atoms with Gasteiger partial charge in [-0.1, -0.05) is 12.1 Å². The standard InChI is InChI=1S/C19H24FNO4S/c1-13(25-11-14-2-4-15(20)5-3-14)17(22)21-12-19(6-8-26-9-7-19)10-16(21)18(23)24/h2-5,13,16H,6-12H2,1H3,(H,23,24). The number of carboxylic acid groups (broad SMARTS) is 1. The Kier molecular flexibility index (Phi) is 5.87. The number of hydrogen-bond acceptors (Lipinski definition) is 4. The van der Waals surface area contributed by atoms with Crippen molar-refractivity contribution < 1.29 is 23.8 Å². The maximum atomic E-state index is 13.0. The van der Waals surface area contributed by atoms with Gasteiger partial charge in [0.25, 0.3) is 5.91 Å². The van der Waals surface area contributed by atoms with E-state index in [9.17, 15) is 19.1 Å². The van der Waals surface area contributed by atoms with Gasteiger partial charge in [-0.15, -0.1) is 0 Å². The zero-order valence-corrected chi connectivity index (χ0v) is 15.6. The molecule has 2 aliphatic rings. The number of halogens is 1. The summed E-state index contributed by atoms with van der Waals surface area (Å²) in [4.78, 5) is 26.0. The minimum absolute atomic E-state index is 0.0688. The Bertz CT molecular complexity index is 660. The average molecular weight is 381 g/mol. The van der Waals surface area contributed by atoms with Crippen LogP contribution in [-0.4, -0.2) is 52.1 Å². The zero-order chi connectivity index (χ0) is 18.7. The van der Waals surface area contributed by atoms with Crippen LogP contribution in [0.1, 0.15) is 31.7 Å². The first-order valence-electron chi connectivity index (χ1n) is 8.87. The van der Waals surface area contributed by atoms with Gasteiger partial charge in [-0.05, 0) is 60.8 Å². The maximum Gasteiger partial charge on any atom is 0.326 e. The number of amides is 1. The van der Waals surface area contributed by atoms with Gasteiger partial charge in [-0.25, -0.2) is 9.18 Å². The molecule has 0 saturated carbocycles. The van der Waals surface area contributed by atoms with E-state index in [1.165, 1.54) is 17.0 Å². The van der Waals surface area contributed by atoms with Gasteiger partial charge >= 0.3 is 5.97 Å². The molecular weight excluding hydrogens is 357 g/mol. The Morgan fingerprint density at radius 1 is 1.35 bits per heavy atom. The molecule has 0 aliphatic carbocycles. The Hall–Kier alpha value is -1.60. The summed E-state index contributed by atoms with van der Waals surface area (Å²) in [5, 5.41) is 9.59. The molecule has 2 saturated heterocycles. The number of hydrogen-bond donors (Lipinski definition) is 1. The summed E-state index contributed by atoms with van der Waals surface area (Å²) in [7, 11) is 0. The summed E-state index contributed by atoms with van der Waals surface area (Å²) in [5.74, 6) is 0.486. The summed E-state index contributed by atoms with van der Waals surface area (Å²) in [5.41, 5.74) is 0.698. The van der Waals surface area contributed by atoms with E-state index in [0.29, 0.717) is 13.0 Å². The third-order valence-electron chi connectivity index (χ3n) is 5.39. The second kappa shape index (κ2) is 7.96. The predicted octanol–water partition coefficient (Wildman–Crippen LogP) is 2.93. The molecule has 142 valence electrons. The van der Waals surface area contributed by atoms with Crippen LogP contribution in [-0.2, 0) is 20.9 Å². The highest BCUT2D eigenvalue weighted by atomic mass is 32.2. The molecule has 1 amide bonds. The molecule has 2 atom stereocenters. The molecule has 3 rings (SSSR count). The van der Waals surface area contributed by atoms with Gasteiger partial charge in [0.2, 0.25) is 0 Å². The highest BCUT2D eigenvalue weighted by Gasteiger charge is 2.49. The highest BCUT2D eigenvalue weighted by Crippen LogP contribution is 2.45. The number of carbonyl (C=O) groups is 2. The smallest absolute Gasteiger partial charge is 0.326 e. The van der Waals surface area contributed by atoms with Crippen molar-refractivity contribution in [3.63, 3.8) is 0 Å². The minimum Gasteiger partial charge on any atom is -0.480 e. The summed E-state index contributed by atoms with van der Waals surface area (Å²) < 4.78 is 18.6. The topological polar surface area (TPSA) is 66.8 Å². The van der Waals surface area contributed by atoms with Crippen molar-refractivity contribution in [3.8, 4) is 0 Å². The molecule has 1 spiro atoms. The lowest BCUT2D eigenvalue weighted by atomic mass is 9.80. The molecule has 2 unspecified atom stereocenters. The fourth-order valence-corrected chi connectivity index (χ4v) is 5.14. The monoisotopic (exact) mass is 381 g/mol. The van der Waals surface area contributed by atoms with E-state index in [-0.39, 0.29) is 23.7 Å². The summed E-state index contributed by atoms with van der Waals surface area (Å²) in [6.07, 6.45) is 1.70.